The molecule has 20 heavy (non-hydrogen) atoms. The summed E-state index contributed by atoms with van der Waals surface area (Å²) in [6.07, 6.45) is 0.907. The monoisotopic (exact) mass is 276 g/mol. The smallest absolute Gasteiger partial charge is 0.305 e. The maximum absolute atomic E-state index is 10.6. The number of ether oxygens (including phenoxy) is 1. The Labute approximate surface area is 116 Å². The lowest BCUT2D eigenvalue weighted by atomic mass is 10.2. The van der Waals surface area contributed by atoms with E-state index in [0.29, 0.717) is 12.4 Å². The highest BCUT2D eigenvalue weighted by Gasteiger charge is 2.10. The Morgan fingerprint density at radius 2 is 2.30 bits per heavy atom. The van der Waals surface area contributed by atoms with Crippen LogP contribution >= 0.6 is 0 Å². The number of benzene rings is 1. The maximum atomic E-state index is 10.6. The number of nitrogens with zero attached hydrogens (tertiary/aromatic N) is 4. The van der Waals surface area contributed by atoms with E-state index in [4.69, 9.17) is 9.84 Å². The van der Waals surface area contributed by atoms with Crippen LogP contribution in [0.5, 0.6) is 5.75 Å². The Morgan fingerprint density at radius 3 is 3.05 bits per heavy atom. The van der Waals surface area contributed by atoms with Gasteiger partial charge in [0.1, 0.15) is 5.75 Å². The molecule has 0 aliphatic carbocycles. The number of hydrogen-bond acceptors (Lipinski definition) is 5. The van der Waals surface area contributed by atoms with Gasteiger partial charge in [-0.15, -0.1) is 5.10 Å². The first-order chi connectivity index (χ1) is 9.70. The summed E-state index contributed by atoms with van der Waals surface area (Å²) < 4.78 is 7.04. The normalized spacial score (nSPS) is 10.4. The highest BCUT2D eigenvalue weighted by molar-refractivity contribution is 5.66. The minimum absolute atomic E-state index is 0.0237. The van der Waals surface area contributed by atoms with E-state index in [-0.39, 0.29) is 13.0 Å². The van der Waals surface area contributed by atoms with E-state index in [1.165, 1.54) is 4.68 Å². The number of tetrazole rings is 1. The molecule has 0 spiro atoms. The molecule has 1 N–H and O–H groups in total. The average Bonchev–Trinajstić information content (AvgIpc) is 2.91. The summed E-state index contributed by atoms with van der Waals surface area (Å²) in [5.74, 6) is 0.400. The van der Waals surface area contributed by atoms with Crippen molar-refractivity contribution < 1.29 is 14.6 Å². The van der Waals surface area contributed by atoms with Crippen LogP contribution in [0.15, 0.2) is 24.3 Å². The third-order valence-electron chi connectivity index (χ3n) is 2.63. The van der Waals surface area contributed by atoms with E-state index in [1.54, 1.807) is 0 Å². The van der Waals surface area contributed by atoms with Gasteiger partial charge in [0, 0.05) is 5.56 Å². The molecular weight excluding hydrogens is 260 g/mol. The van der Waals surface area contributed by atoms with Gasteiger partial charge < -0.3 is 9.84 Å². The van der Waals surface area contributed by atoms with Gasteiger partial charge in [-0.3, -0.25) is 4.79 Å². The average molecular weight is 276 g/mol. The first-order valence-electron chi connectivity index (χ1n) is 6.42. The summed E-state index contributed by atoms with van der Waals surface area (Å²) in [7, 11) is 0. The molecule has 0 unspecified atom stereocenters. The zero-order valence-electron chi connectivity index (χ0n) is 11.2. The standard InChI is InChI=1S/C13H16N4O3/c1-2-8-20-11-5-3-4-10(9-11)13-14-15-16-17(13)7-6-12(18)19/h3-5,9H,2,6-8H2,1H3,(H,18,19). The van der Waals surface area contributed by atoms with Crippen molar-refractivity contribution in [1.29, 1.82) is 0 Å². The summed E-state index contributed by atoms with van der Waals surface area (Å²) in [5, 5.41) is 20.1. The second-order valence-electron chi connectivity index (χ2n) is 4.25. The Bertz CT molecular complexity index is 583. The lowest BCUT2D eigenvalue weighted by Gasteiger charge is -2.07. The van der Waals surface area contributed by atoms with Crippen molar-refractivity contribution in [1.82, 2.24) is 20.2 Å². The second kappa shape index (κ2) is 6.65. The molecule has 0 bridgehead atoms. The molecular formula is C13H16N4O3. The minimum Gasteiger partial charge on any atom is -0.494 e. The molecule has 106 valence electrons. The van der Waals surface area contributed by atoms with Crippen LogP contribution in [0.25, 0.3) is 11.4 Å². The van der Waals surface area contributed by atoms with E-state index in [1.807, 2.05) is 31.2 Å². The Morgan fingerprint density at radius 1 is 1.45 bits per heavy atom. The molecule has 0 radical (unpaired) electrons. The van der Waals surface area contributed by atoms with Crippen molar-refractivity contribution >= 4 is 5.97 Å². The van der Waals surface area contributed by atoms with Crippen LogP contribution in [0, 0.1) is 0 Å². The molecule has 1 aromatic heterocycles. The Hall–Kier alpha value is -2.44. The summed E-state index contributed by atoms with van der Waals surface area (Å²) in [4.78, 5) is 10.6. The molecule has 2 aromatic rings. The molecule has 0 saturated carbocycles. The number of carbonyl (C=O) groups is 1. The summed E-state index contributed by atoms with van der Waals surface area (Å²) in [6, 6.07) is 7.43. The van der Waals surface area contributed by atoms with E-state index in [0.717, 1.165) is 17.7 Å². The molecule has 0 aliphatic heterocycles. The molecule has 1 aromatic carbocycles. The van der Waals surface area contributed by atoms with Gasteiger partial charge in [0.25, 0.3) is 0 Å². The van der Waals surface area contributed by atoms with Crippen LogP contribution < -0.4 is 4.74 Å². The number of rotatable bonds is 7. The zero-order chi connectivity index (χ0) is 14.4. The van der Waals surface area contributed by atoms with E-state index >= 15 is 0 Å². The number of aromatic nitrogens is 4. The lowest BCUT2D eigenvalue weighted by molar-refractivity contribution is -0.137. The van der Waals surface area contributed by atoms with Gasteiger partial charge in [0.2, 0.25) is 0 Å². The van der Waals surface area contributed by atoms with Crippen LogP contribution in [0.3, 0.4) is 0 Å². The number of hydrogen-bond donors (Lipinski definition) is 1. The topological polar surface area (TPSA) is 90.1 Å². The maximum Gasteiger partial charge on any atom is 0.305 e. The van der Waals surface area contributed by atoms with Gasteiger partial charge >= 0.3 is 5.97 Å². The number of carboxylic acids is 1. The number of aliphatic carboxylic acids is 1. The molecule has 0 atom stereocenters. The van der Waals surface area contributed by atoms with Crippen molar-refractivity contribution in [2.75, 3.05) is 6.61 Å². The second-order valence-corrected chi connectivity index (χ2v) is 4.25. The Kier molecular flexibility index (Phi) is 4.65. The van der Waals surface area contributed by atoms with Gasteiger partial charge in [-0.1, -0.05) is 19.1 Å². The molecule has 0 saturated heterocycles. The first-order valence-corrected chi connectivity index (χ1v) is 6.42. The number of aryl methyl sites for hydroxylation is 1. The van der Waals surface area contributed by atoms with Crippen LogP contribution in [-0.4, -0.2) is 37.9 Å². The van der Waals surface area contributed by atoms with E-state index in [2.05, 4.69) is 15.5 Å². The van der Waals surface area contributed by atoms with E-state index < -0.39 is 5.97 Å². The fourth-order valence-corrected chi connectivity index (χ4v) is 1.71. The van der Waals surface area contributed by atoms with Crippen LogP contribution in [0.4, 0.5) is 0 Å². The lowest BCUT2D eigenvalue weighted by Crippen LogP contribution is -2.07. The minimum atomic E-state index is -0.883. The molecule has 0 aliphatic rings. The predicted octanol–water partition coefficient (Wildman–Crippen LogP) is 1.60. The van der Waals surface area contributed by atoms with E-state index in [9.17, 15) is 4.79 Å². The van der Waals surface area contributed by atoms with Crippen molar-refractivity contribution in [3.05, 3.63) is 24.3 Å². The molecule has 7 nitrogen and oxygen atoms in total. The quantitative estimate of drug-likeness (QED) is 0.826. The SMILES string of the molecule is CCCOc1cccc(-c2nnnn2CCC(=O)O)c1. The van der Waals surface area contributed by atoms with Crippen molar-refractivity contribution in [3.63, 3.8) is 0 Å². The number of carboxylic acid groups (broad SMARTS) is 1. The Balaban J connectivity index is 2.18. The van der Waals surface area contributed by atoms with Crippen molar-refractivity contribution in [2.45, 2.75) is 26.3 Å². The van der Waals surface area contributed by atoms with Crippen molar-refractivity contribution in [3.8, 4) is 17.1 Å². The largest absolute Gasteiger partial charge is 0.494 e. The molecule has 0 fully saturated rings. The summed E-state index contributed by atoms with van der Waals surface area (Å²) in [6.45, 7) is 2.92. The van der Waals surface area contributed by atoms with Gasteiger partial charge in [0.05, 0.1) is 19.6 Å². The highest BCUT2D eigenvalue weighted by Crippen LogP contribution is 2.21. The fraction of sp³-hybridized carbons (Fsp3) is 0.385. The molecule has 0 amide bonds. The molecule has 7 heteroatoms. The van der Waals surface area contributed by atoms with Gasteiger partial charge in [-0.05, 0) is 29.0 Å². The van der Waals surface area contributed by atoms with Crippen molar-refractivity contribution in [2.24, 2.45) is 0 Å². The van der Waals surface area contributed by atoms with Gasteiger partial charge in [-0.2, -0.15) is 0 Å². The first kappa shape index (κ1) is 14.0. The van der Waals surface area contributed by atoms with Gasteiger partial charge in [0.15, 0.2) is 5.82 Å². The third-order valence-corrected chi connectivity index (χ3v) is 2.63. The van der Waals surface area contributed by atoms with Crippen LogP contribution in [0.2, 0.25) is 0 Å². The van der Waals surface area contributed by atoms with Gasteiger partial charge in [-0.25, -0.2) is 4.68 Å². The summed E-state index contributed by atoms with van der Waals surface area (Å²) >= 11 is 0. The fourth-order valence-electron chi connectivity index (χ4n) is 1.71. The highest BCUT2D eigenvalue weighted by atomic mass is 16.5. The zero-order valence-corrected chi connectivity index (χ0v) is 11.2. The predicted molar refractivity (Wildman–Crippen MR) is 71.3 cm³/mol. The van der Waals surface area contributed by atoms with Crippen LogP contribution in [-0.2, 0) is 11.3 Å². The van der Waals surface area contributed by atoms with Crippen LogP contribution in [0.1, 0.15) is 19.8 Å². The summed E-state index contributed by atoms with van der Waals surface area (Å²) in [5.41, 5.74) is 0.800. The molecule has 1 heterocycles. The molecule has 2 rings (SSSR count). The third kappa shape index (κ3) is 3.53.